The molecule has 1 aromatic carbocycles. The number of halogens is 1. The van der Waals surface area contributed by atoms with Crippen LogP contribution >= 0.6 is 15.9 Å². The molecule has 0 saturated carbocycles. The number of hydrogen-bond donors (Lipinski definition) is 1. The number of piperidine rings is 1. The molecule has 2 unspecified atom stereocenters. The standard InChI is InChI=1S/C16H20BrNO2/c1-11-3-4-12(2)18(10-11)15-7-5-13(9-14(15)17)6-8-16(19)20/h5-9,11-12H,3-4,10H2,1-2H3,(H,19,20)/b8-6+. The summed E-state index contributed by atoms with van der Waals surface area (Å²) in [5, 5.41) is 8.66. The molecule has 0 spiro atoms. The lowest BCUT2D eigenvalue weighted by atomic mass is 9.94. The molecule has 4 heteroatoms. The van der Waals surface area contributed by atoms with Crippen LogP contribution in [0.25, 0.3) is 6.08 Å². The summed E-state index contributed by atoms with van der Waals surface area (Å²) in [6.07, 6.45) is 5.27. The molecule has 3 nitrogen and oxygen atoms in total. The third-order valence-corrected chi connectivity index (χ3v) is 4.45. The molecule has 1 heterocycles. The second-order valence-electron chi connectivity index (χ2n) is 5.57. The van der Waals surface area contributed by atoms with Crippen molar-refractivity contribution in [2.75, 3.05) is 11.4 Å². The molecular formula is C16H20BrNO2. The zero-order valence-corrected chi connectivity index (χ0v) is 13.4. The minimum absolute atomic E-state index is 0.544. The maximum Gasteiger partial charge on any atom is 0.328 e. The molecule has 0 radical (unpaired) electrons. The number of carbonyl (C=O) groups is 1. The number of carboxylic acids is 1. The summed E-state index contributed by atoms with van der Waals surface area (Å²) in [6.45, 7) is 5.62. The van der Waals surface area contributed by atoms with Gasteiger partial charge in [0.2, 0.25) is 0 Å². The Kier molecular flexibility index (Phi) is 4.86. The zero-order valence-electron chi connectivity index (χ0n) is 11.8. The number of benzene rings is 1. The van der Waals surface area contributed by atoms with Gasteiger partial charge in [0, 0.05) is 23.1 Å². The van der Waals surface area contributed by atoms with E-state index in [4.69, 9.17) is 5.11 Å². The van der Waals surface area contributed by atoms with Crippen LogP contribution < -0.4 is 4.90 Å². The maximum atomic E-state index is 10.5. The number of nitrogens with zero attached hydrogens (tertiary/aromatic N) is 1. The van der Waals surface area contributed by atoms with Crippen LogP contribution in [0.4, 0.5) is 5.69 Å². The zero-order chi connectivity index (χ0) is 14.7. The minimum Gasteiger partial charge on any atom is -0.478 e. The molecule has 1 aliphatic heterocycles. The van der Waals surface area contributed by atoms with E-state index in [0.29, 0.717) is 12.0 Å². The van der Waals surface area contributed by atoms with Crippen molar-refractivity contribution in [3.8, 4) is 0 Å². The van der Waals surface area contributed by atoms with E-state index in [-0.39, 0.29) is 0 Å². The third-order valence-electron chi connectivity index (χ3n) is 3.82. The Morgan fingerprint density at radius 3 is 2.80 bits per heavy atom. The largest absolute Gasteiger partial charge is 0.478 e. The van der Waals surface area contributed by atoms with E-state index in [2.05, 4.69) is 40.7 Å². The van der Waals surface area contributed by atoms with Crippen molar-refractivity contribution < 1.29 is 9.90 Å². The summed E-state index contributed by atoms with van der Waals surface area (Å²) >= 11 is 3.61. The van der Waals surface area contributed by atoms with Gasteiger partial charge in [-0.15, -0.1) is 0 Å². The third kappa shape index (κ3) is 3.63. The second kappa shape index (κ2) is 6.44. The van der Waals surface area contributed by atoms with Crippen LogP contribution in [0.15, 0.2) is 28.7 Å². The van der Waals surface area contributed by atoms with Crippen molar-refractivity contribution in [3.05, 3.63) is 34.3 Å². The number of hydrogen-bond acceptors (Lipinski definition) is 2. The van der Waals surface area contributed by atoms with E-state index in [1.165, 1.54) is 18.5 Å². The molecule has 108 valence electrons. The normalized spacial score (nSPS) is 23.2. The molecule has 1 N–H and O–H groups in total. The fraction of sp³-hybridized carbons (Fsp3) is 0.438. The Balaban J connectivity index is 2.22. The van der Waals surface area contributed by atoms with Crippen molar-refractivity contribution in [2.45, 2.75) is 32.7 Å². The van der Waals surface area contributed by atoms with E-state index < -0.39 is 5.97 Å². The minimum atomic E-state index is -0.927. The van der Waals surface area contributed by atoms with Crippen LogP contribution in [-0.4, -0.2) is 23.7 Å². The second-order valence-corrected chi connectivity index (χ2v) is 6.42. The average Bonchev–Trinajstić information content (AvgIpc) is 2.39. The van der Waals surface area contributed by atoms with Gasteiger partial charge in [0.15, 0.2) is 0 Å². The first-order valence-electron chi connectivity index (χ1n) is 6.94. The van der Waals surface area contributed by atoms with E-state index in [1.54, 1.807) is 6.08 Å². The first-order chi connectivity index (χ1) is 9.47. The number of rotatable bonds is 3. The van der Waals surface area contributed by atoms with Crippen molar-refractivity contribution >= 4 is 33.7 Å². The predicted molar refractivity (Wildman–Crippen MR) is 86.0 cm³/mol. The van der Waals surface area contributed by atoms with Crippen molar-refractivity contribution in [1.82, 2.24) is 0 Å². The molecule has 2 rings (SSSR count). The summed E-state index contributed by atoms with van der Waals surface area (Å²) < 4.78 is 1.02. The number of aliphatic carboxylic acids is 1. The molecule has 2 atom stereocenters. The first kappa shape index (κ1) is 15.1. The van der Waals surface area contributed by atoms with Gasteiger partial charge >= 0.3 is 5.97 Å². The van der Waals surface area contributed by atoms with Gasteiger partial charge in [0.25, 0.3) is 0 Å². The van der Waals surface area contributed by atoms with E-state index in [0.717, 1.165) is 22.7 Å². The van der Waals surface area contributed by atoms with Crippen LogP contribution in [0.1, 0.15) is 32.3 Å². The highest BCUT2D eigenvalue weighted by Crippen LogP contribution is 2.33. The van der Waals surface area contributed by atoms with Crippen LogP contribution in [0.3, 0.4) is 0 Å². The van der Waals surface area contributed by atoms with Gasteiger partial charge in [-0.2, -0.15) is 0 Å². The van der Waals surface area contributed by atoms with Crippen LogP contribution in [0.5, 0.6) is 0 Å². The fourth-order valence-electron chi connectivity index (χ4n) is 2.65. The fourth-order valence-corrected chi connectivity index (χ4v) is 3.28. The van der Waals surface area contributed by atoms with E-state index >= 15 is 0 Å². The smallest absolute Gasteiger partial charge is 0.328 e. The lowest BCUT2D eigenvalue weighted by molar-refractivity contribution is -0.131. The van der Waals surface area contributed by atoms with Gasteiger partial charge in [0.05, 0.1) is 5.69 Å². The SMILES string of the molecule is CC1CCC(C)N(c2ccc(/C=C/C(=O)O)cc2Br)C1. The Bertz CT molecular complexity index is 527. The highest BCUT2D eigenvalue weighted by atomic mass is 79.9. The molecule has 1 fully saturated rings. The molecule has 1 aromatic rings. The van der Waals surface area contributed by atoms with Gasteiger partial charge in [-0.3, -0.25) is 0 Å². The summed E-state index contributed by atoms with van der Waals surface area (Å²) in [5.41, 5.74) is 2.08. The van der Waals surface area contributed by atoms with Gasteiger partial charge in [0.1, 0.15) is 0 Å². The van der Waals surface area contributed by atoms with Crippen molar-refractivity contribution in [1.29, 1.82) is 0 Å². The molecule has 0 aromatic heterocycles. The molecule has 0 aliphatic carbocycles. The maximum absolute atomic E-state index is 10.5. The quantitative estimate of drug-likeness (QED) is 0.841. The lowest BCUT2D eigenvalue weighted by Gasteiger charge is -2.39. The molecule has 1 aliphatic rings. The highest BCUT2D eigenvalue weighted by Gasteiger charge is 2.24. The Morgan fingerprint density at radius 1 is 1.40 bits per heavy atom. The molecular weight excluding hydrogens is 318 g/mol. The van der Waals surface area contributed by atoms with Crippen LogP contribution in [0, 0.1) is 5.92 Å². The lowest BCUT2D eigenvalue weighted by Crippen LogP contribution is -2.41. The van der Waals surface area contributed by atoms with Crippen molar-refractivity contribution in [3.63, 3.8) is 0 Å². The van der Waals surface area contributed by atoms with Crippen LogP contribution in [0.2, 0.25) is 0 Å². The number of carboxylic acid groups (broad SMARTS) is 1. The van der Waals surface area contributed by atoms with E-state index in [9.17, 15) is 4.79 Å². The average molecular weight is 338 g/mol. The first-order valence-corrected chi connectivity index (χ1v) is 7.74. The summed E-state index contributed by atoms with van der Waals surface area (Å²) in [5.74, 6) is -0.214. The predicted octanol–water partition coefficient (Wildman–Crippen LogP) is 4.17. The summed E-state index contributed by atoms with van der Waals surface area (Å²) in [6, 6.07) is 6.55. The topological polar surface area (TPSA) is 40.5 Å². The Hall–Kier alpha value is -1.29. The van der Waals surface area contributed by atoms with Crippen molar-refractivity contribution in [2.24, 2.45) is 5.92 Å². The van der Waals surface area contributed by atoms with Gasteiger partial charge in [-0.25, -0.2) is 4.79 Å². The highest BCUT2D eigenvalue weighted by molar-refractivity contribution is 9.10. The summed E-state index contributed by atoms with van der Waals surface area (Å²) in [4.78, 5) is 13.0. The molecule has 0 bridgehead atoms. The Morgan fingerprint density at radius 2 is 2.15 bits per heavy atom. The molecule has 0 amide bonds. The Labute approximate surface area is 128 Å². The van der Waals surface area contributed by atoms with Gasteiger partial charge in [-0.05, 0) is 65.4 Å². The monoisotopic (exact) mass is 337 g/mol. The molecule has 1 saturated heterocycles. The van der Waals surface area contributed by atoms with Crippen LogP contribution in [-0.2, 0) is 4.79 Å². The van der Waals surface area contributed by atoms with Gasteiger partial charge in [-0.1, -0.05) is 13.0 Å². The van der Waals surface area contributed by atoms with Gasteiger partial charge < -0.3 is 10.0 Å². The molecule has 20 heavy (non-hydrogen) atoms. The number of anilines is 1. The van der Waals surface area contributed by atoms with E-state index in [1.807, 2.05) is 12.1 Å². The summed E-state index contributed by atoms with van der Waals surface area (Å²) in [7, 11) is 0.